The molecule has 1 atom stereocenters. The SMILES string of the molecule is OC1C=C(Cc2csc3ccccc23)CC1. The molecule has 1 aromatic carbocycles. The average Bonchev–Trinajstić information content (AvgIpc) is 2.87. The van der Waals surface area contributed by atoms with Crippen molar-refractivity contribution < 1.29 is 5.11 Å². The number of hydrogen-bond donors (Lipinski definition) is 1. The summed E-state index contributed by atoms with van der Waals surface area (Å²) in [6, 6.07) is 8.53. The molecule has 1 N–H and O–H groups in total. The Morgan fingerprint density at radius 2 is 2.19 bits per heavy atom. The standard InChI is InChI=1S/C14H14OS/c15-12-6-5-10(8-12)7-11-9-16-14-4-2-1-3-13(11)14/h1-4,8-9,12,15H,5-7H2. The number of hydrogen-bond acceptors (Lipinski definition) is 2. The summed E-state index contributed by atoms with van der Waals surface area (Å²) < 4.78 is 1.36. The predicted octanol–water partition coefficient (Wildman–Crippen LogP) is 3.52. The van der Waals surface area contributed by atoms with Crippen LogP contribution in [-0.2, 0) is 6.42 Å². The van der Waals surface area contributed by atoms with Gasteiger partial charge >= 0.3 is 0 Å². The molecule has 0 saturated carbocycles. The molecule has 2 heteroatoms. The maximum atomic E-state index is 9.47. The van der Waals surface area contributed by atoms with Crippen LogP contribution in [0.4, 0.5) is 0 Å². The number of rotatable bonds is 2. The summed E-state index contributed by atoms with van der Waals surface area (Å²) >= 11 is 1.81. The maximum absolute atomic E-state index is 9.47. The topological polar surface area (TPSA) is 20.2 Å². The lowest BCUT2D eigenvalue weighted by atomic mass is 10.0. The fourth-order valence-corrected chi connectivity index (χ4v) is 3.30. The van der Waals surface area contributed by atoms with Gasteiger partial charge in [0.1, 0.15) is 0 Å². The minimum atomic E-state index is -0.208. The van der Waals surface area contributed by atoms with Gasteiger partial charge in [-0.3, -0.25) is 0 Å². The lowest BCUT2D eigenvalue weighted by Crippen LogP contribution is -1.93. The first-order valence-electron chi connectivity index (χ1n) is 5.65. The van der Waals surface area contributed by atoms with E-state index in [4.69, 9.17) is 0 Å². The van der Waals surface area contributed by atoms with Crippen LogP contribution < -0.4 is 0 Å². The van der Waals surface area contributed by atoms with E-state index < -0.39 is 0 Å². The monoisotopic (exact) mass is 230 g/mol. The average molecular weight is 230 g/mol. The molecule has 82 valence electrons. The molecule has 0 spiro atoms. The number of thiophene rings is 1. The zero-order valence-electron chi connectivity index (χ0n) is 9.02. The van der Waals surface area contributed by atoms with E-state index in [1.807, 2.05) is 17.4 Å². The zero-order chi connectivity index (χ0) is 11.0. The molecule has 0 amide bonds. The summed E-state index contributed by atoms with van der Waals surface area (Å²) in [5.74, 6) is 0. The van der Waals surface area contributed by atoms with Gasteiger partial charge < -0.3 is 5.11 Å². The van der Waals surface area contributed by atoms with E-state index in [1.165, 1.54) is 21.2 Å². The van der Waals surface area contributed by atoms with Crippen LogP contribution in [0.1, 0.15) is 18.4 Å². The molecule has 0 fully saturated rings. The van der Waals surface area contributed by atoms with Crippen LogP contribution in [0, 0.1) is 0 Å². The summed E-state index contributed by atoms with van der Waals surface area (Å²) in [6.45, 7) is 0. The lowest BCUT2D eigenvalue weighted by Gasteiger charge is -2.00. The van der Waals surface area contributed by atoms with E-state index in [0.717, 1.165) is 19.3 Å². The first kappa shape index (κ1) is 10.1. The van der Waals surface area contributed by atoms with Crippen molar-refractivity contribution in [1.82, 2.24) is 0 Å². The number of allylic oxidation sites excluding steroid dienone is 1. The van der Waals surface area contributed by atoms with Gasteiger partial charge in [-0.25, -0.2) is 0 Å². The molecular formula is C14H14OS. The van der Waals surface area contributed by atoms with Crippen molar-refractivity contribution in [2.75, 3.05) is 0 Å². The van der Waals surface area contributed by atoms with Crippen LogP contribution in [0.5, 0.6) is 0 Å². The van der Waals surface area contributed by atoms with E-state index in [2.05, 4.69) is 29.6 Å². The van der Waals surface area contributed by atoms with Crippen LogP contribution in [0.15, 0.2) is 41.3 Å². The van der Waals surface area contributed by atoms with E-state index in [9.17, 15) is 5.11 Å². The minimum absolute atomic E-state index is 0.208. The van der Waals surface area contributed by atoms with E-state index >= 15 is 0 Å². The van der Waals surface area contributed by atoms with E-state index in [-0.39, 0.29) is 6.10 Å². The van der Waals surface area contributed by atoms with E-state index in [0.29, 0.717) is 0 Å². The molecule has 1 nitrogen and oxygen atoms in total. The molecule has 1 aliphatic carbocycles. The number of fused-ring (bicyclic) bond motifs is 1. The van der Waals surface area contributed by atoms with Crippen LogP contribution in [0.2, 0.25) is 0 Å². The fourth-order valence-electron chi connectivity index (χ4n) is 2.33. The molecule has 1 aromatic heterocycles. The maximum Gasteiger partial charge on any atom is 0.0726 e. The smallest absolute Gasteiger partial charge is 0.0726 e. The Hall–Kier alpha value is -1.12. The first-order valence-corrected chi connectivity index (χ1v) is 6.53. The lowest BCUT2D eigenvalue weighted by molar-refractivity contribution is 0.223. The van der Waals surface area contributed by atoms with Crippen molar-refractivity contribution in [3.05, 3.63) is 46.9 Å². The van der Waals surface area contributed by atoms with Gasteiger partial charge in [0.2, 0.25) is 0 Å². The van der Waals surface area contributed by atoms with Gasteiger partial charge in [0.05, 0.1) is 6.10 Å². The molecule has 0 aliphatic heterocycles. The van der Waals surface area contributed by atoms with E-state index in [1.54, 1.807) is 0 Å². The minimum Gasteiger partial charge on any atom is -0.389 e. The predicted molar refractivity (Wildman–Crippen MR) is 68.9 cm³/mol. The summed E-state index contributed by atoms with van der Waals surface area (Å²) in [5.41, 5.74) is 2.79. The molecule has 0 saturated heterocycles. The molecule has 2 aromatic rings. The summed E-state index contributed by atoms with van der Waals surface area (Å²) in [7, 11) is 0. The van der Waals surface area contributed by atoms with Crippen LogP contribution in [0.25, 0.3) is 10.1 Å². The Labute approximate surface area is 99.0 Å². The second-order valence-electron chi connectivity index (χ2n) is 4.36. The van der Waals surface area contributed by atoms with Gasteiger partial charge in [-0.2, -0.15) is 0 Å². The van der Waals surface area contributed by atoms with Gasteiger partial charge in [-0.15, -0.1) is 11.3 Å². The van der Waals surface area contributed by atoms with Gasteiger partial charge in [0, 0.05) is 4.70 Å². The summed E-state index contributed by atoms with van der Waals surface area (Å²) in [5, 5.41) is 13.1. The number of aliphatic hydroxyl groups excluding tert-OH is 1. The molecular weight excluding hydrogens is 216 g/mol. The highest BCUT2D eigenvalue weighted by molar-refractivity contribution is 7.17. The number of benzene rings is 1. The van der Waals surface area contributed by atoms with Crippen molar-refractivity contribution in [3.8, 4) is 0 Å². The highest BCUT2D eigenvalue weighted by atomic mass is 32.1. The third-order valence-corrected chi connectivity index (χ3v) is 4.18. The first-order chi connectivity index (χ1) is 7.83. The van der Waals surface area contributed by atoms with Crippen molar-refractivity contribution in [1.29, 1.82) is 0 Å². The number of aliphatic hydroxyl groups is 1. The van der Waals surface area contributed by atoms with Crippen molar-refractivity contribution >= 4 is 21.4 Å². The zero-order valence-corrected chi connectivity index (χ0v) is 9.83. The van der Waals surface area contributed by atoms with Crippen molar-refractivity contribution in [3.63, 3.8) is 0 Å². The highest BCUT2D eigenvalue weighted by Crippen LogP contribution is 2.30. The third-order valence-electron chi connectivity index (χ3n) is 3.17. The van der Waals surface area contributed by atoms with Crippen molar-refractivity contribution in [2.45, 2.75) is 25.4 Å². The van der Waals surface area contributed by atoms with Gasteiger partial charge in [0.25, 0.3) is 0 Å². The largest absolute Gasteiger partial charge is 0.389 e. The Morgan fingerprint density at radius 3 is 3.00 bits per heavy atom. The molecule has 1 heterocycles. The summed E-state index contributed by atoms with van der Waals surface area (Å²) in [6.07, 6.45) is 4.76. The summed E-state index contributed by atoms with van der Waals surface area (Å²) in [4.78, 5) is 0. The van der Waals surface area contributed by atoms with Crippen molar-refractivity contribution in [2.24, 2.45) is 0 Å². The Kier molecular flexibility index (Phi) is 2.54. The fraction of sp³-hybridized carbons (Fsp3) is 0.286. The molecule has 3 rings (SSSR count). The molecule has 0 radical (unpaired) electrons. The normalized spacial score (nSPS) is 20.3. The van der Waals surface area contributed by atoms with Crippen LogP contribution >= 0.6 is 11.3 Å². The van der Waals surface area contributed by atoms with Gasteiger partial charge in [-0.05, 0) is 41.7 Å². The third kappa shape index (κ3) is 1.79. The Balaban J connectivity index is 1.92. The molecule has 1 aliphatic rings. The highest BCUT2D eigenvalue weighted by Gasteiger charge is 2.14. The molecule has 1 unspecified atom stereocenters. The second-order valence-corrected chi connectivity index (χ2v) is 5.28. The van der Waals surface area contributed by atoms with Gasteiger partial charge in [-0.1, -0.05) is 29.8 Å². The quantitative estimate of drug-likeness (QED) is 0.783. The Bertz CT molecular complexity index is 538. The van der Waals surface area contributed by atoms with Crippen LogP contribution in [-0.4, -0.2) is 11.2 Å². The van der Waals surface area contributed by atoms with Gasteiger partial charge in [0.15, 0.2) is 0 Å². The molecule has 0 bridgehead atoms. The second kappa shape index (κ2) is 4.04. The molecule has 16 heavy (non-hydrogen) atoms. The van der Waals surface area contributed by atoms with Crippen LogP contribution in [0.3, 0.4) is 0 Å². The Morgan fingerprint density at radius 1 is 1.31 bits per heavy atom.